The summed E-state index contributed by atoms with van der Waals surface area (Å²) in [5, 5.41) is 2.73. The summed E-state index contributed by atoms with van der Waals surface area (Å²) in [4.78, 5) is 42.9. The molecule has 0 bridgehead atoms. The molecule has 1 N–H and O–H groups in total. The number of methoxy groups -OCH3 is 2. The van der Waals surface area contributed by atoms with E-state index in [2.05, 4.69) is 5.32 Å². The second-order valence-corrected chi connectivity index (χ2v) is 7.49. The lowest BCUT2D eigenvalue weighted by atomic mass is 9.97. The second kappa shape index (κ2) is 9.89. The zero-order valence-electron chi connectivity index (χ0n) is 16.8. The number of carbonyl (C=O) groups is 3. The highest BCUT2D eigenvalue weighted by atomic mass is 16.5. The van der Waals surface area contributed by atoms with Crippen LogP contribution in [0.25, 0.3) is 0 Å². The summed E-state index contributed by atoms with van der Waals surface area (Å²) in [7, 11) is 3.17. The molecule has 154 valence electrons. The molecule has 2 saturated heterocycles. The predicted octanol–water partition coefficient (Wildman–Crippen LogP) is -0.241. The van der Waals surface area contributed by atoms with Crippen LogP contribution in [0.3, 0.4) is 0 Å². The maximum Gasteiger partial charge on any atom is 0.321 e. The molecular weight excluding hydrogens is 352 g/mol. The number of hydrogen-bond acceptors (Lipinski definition) is 5. The fourth-order valence-corrected chi connectivity index (χ4v) is 3.67. The summed E-state index contributed by atoms with van der Waals surface area (Å²) in [5.41, 5.74) is 0. The normalized spacial score (nSPS) is 22.6. The van der Waals surface area contributed by atoms with Gasteiger partial charge in [-0.15, -0.1) is 0 Å². The lowest BCUT2D eigenvalue weighted by molar-refractivity contribution is -0.143. The Morgan fingerprint density at radius 1 is 1.15 bits per heavy atom. The molecule has 0 aromatic rings. The highest BCUT2D eigenvalue weighted by molar-refractivity contribution is 5.91. The fraction of sp³-hybridized carbons (Fsp3) is 0.833. The van der Waals surface area contributed by atoms with Crippen molar-refractivity contribution in [1.29, 1.82) is 0 Å². The number of ether oxygens (including phenoxy) is 2. The average molecular weight is 384 g/mol. The van der Waals surface area contributed by atoms with Crippen molar-refractivity contribution >= 4 is 17.8 Å². The Morgan fingerprint density at radius 2 is 1.81 bits per heavy atom. The molecule has 2 aliphatic heterocycles. The predicted molar refractivity (Wildman–Crippen MR) is 99.2 cm³/mol. The van der Waals surface area contributed by atoms with E-state index >= 15 is 0 Å². The van der Waals surface area contributed by atoms with Crippen LogP contribution in [0, 0.1) is 5.92 Å². The summed E-state index contributed by atoms with van der Waals surface area (Å²) in [6.45, 7) is 6.81. The van der Waals surface area contributed by atoms with Crippen LogP contribution in [0.5, 0.6) is 0 Å². The number of nitrogens with one attached hydrogen (secondary N) is 1. The molecule has 4 amide bonds. The van der Waals surface area contributed by atoms with Gasteiger partial charge < -0.3 is 29.5 Å². The van der Waals surface area contributed by atoms with Gasteiger partial charge in [-0.3, -0.25) is 9.59 Å². The quantitative estimate of drug-likeness (QED) is 0.525. The van der Waals surface area contributed by atoms with E-state index in [0.29, 0.717) is 45.8 Å². The minimum atomic E-state index is -0.477. The Kier molecular flexibility index (Phi) is 7.85. The molecule has 27 heavy (non-hydrogen) atoms. The number of rotatable bonds is 10. The SMILES string of the molecule is COCCNC(=O)CN1C[C@@H]2CN(CCOC)C(=O)[C@H](CC(C)C)N2C1=O. The van der Waals surface area contributed by atoms with Crippen molar-refractivity contribution in [1.82, 2.24) is 20.0 Å². The molecule has 2 rings (SSSR count). The van der Waals surface area contributed by atoms with Crippen molar-refractivity contribution in [3.8, 4) is 0 Å². The first-order valence-electron chi connectivity index (χ1n) is 9.49. The van der Waals surface area contributed by atoms with Gasteiger partial charge in [0.2, 0.25) is 11.8 Å². The largest absolute Gasteiger partial charge is 0.383 e. The van der Waals surface area contributed by atoms with Crippen LogP contribution in [0.4, 0.5) is 4.79 Å². The van der Waals surface area contributed by atoms with Crippen LogP contribution in [-0.4, -0.2) is 105 Å². The van der Waals surface area contributed by atoms with Gasteiger partial charge in [0.25, 0.3) is 0 Å². The Labute approximate surface area is 160 Å². The smallest absolute Gasteiger partial charge is 0.321 e. The van der Waals surface area contributed by atoms with E-state index in [4.69, 9.17) is 9.47 Å². The van der Waals surface area contributed by atoms with Gasteiger partial charge in [-0.2, -0.15) is 0 Å². The Bertz CT molecular complexity index is 542. The zero-order chi connectivity index (χ0) is 20.0. The summed E-state index contributed by atoms with van der Waals surface area (Å²) >= 11 is 0. The van der Waals surface area contributed by atoms with Crippen LogP contribution in [0.15, 0.2) is 0 Å². The summed E-state index contributed by atoms with van der Waals surface area (Å²) in [6.07, 6.45) is 0.610. The Morgan fingerprint density at radius 3 is 2.44 bits per heavy atom. The molecule has 0 spiro atoms. The third kappa shape index (κ3) is 5.32. The van der Waals surface area contributed by atoms with Gasteiger partial charge in [-0.1, -0.05) is 13.8 Å². The summed E-state index contributed by atoms with van der Waals surface area (Å²) in [5.74, 6) is 0.0288. The first-order chi connectivity index (χ1) is 12.9. The summed E-state index contributed by atoms with van der Waals surface area (Å²) in [6, 6.07) is -0.801. The van der Waals surface area contributed by atoms with Crippen LogP contribution >= 0.6 is 0 Å². The molecule has 2 atom stereocenters. The minimum Gasteiger partial charge on any atom is -0.383 e. The third-order valence-corrected chi connectivity index (χ3v) is 4.90. The van der Waals surface area contributed by atoms with E-state index in [9.17, 15) is 14.4 Å². The maximum atomic E-state index is 12.9. The van der Waals surface area contributed by atoms with Gasteiger partial charge in [0.1, 0.15) is 12.6 Å². The third-order valence-electron chi connectivity index (χ3n) is 4.90. The number of carbonyl (C=O) groups excluding carboxylic acids is 3. The zero-order valence-corrected chi connectivity index (χ0v) is 16.8. The molecule has 0 saturated carbocycles. The van der Waals surface area contributed by atoms with Crippen molar-refractivity contribution in [2.24, 2.45) is 5.92 Å². The molecule has 0 unspecified atom stereocenters. The molecule has 2 heterocycles. The molecule has 9 nitrogen and oxygen atoms in total. The molecule has 0 radical (unpaired) electrons. The standard InChI is InChI=1S/C18H32N4O5/c1-13(2)9-15-17(24)20(6-8-27-4)10-14-11-21(18(25)22(14)15)12-16(23)19-5-7-26-3/h13-15H,5-12H2,1-4H3,(H,19,23)/t14-,15-/m0/s1. The van der Waals surface area contributed by atoms with Crippen LogP contribution in [0.2, 0.25) is 0 Å². The van der Waals surface area contributed by atoms with Crippen LogP contribution in [-0.2, 0) is 19.1 Å². The number of urea groups is 1. The van der Waals surface area contributed by atoms with E-state index in [0.717, 1.165) is 0 Å². The van der Waals surface area contributed by atoms with E-state index < -0.39 is 6.04 Å². The van der Waals surface area contributed by atoms with E-state index in [1.54, 1.807) is 24.0 Å². The number of fused-ring (bicyclic) bond motifs is 1. The van der Waals surface area contributed by atoms with Gasteiger partial charge in [-0.25, -0.2) is 4.79 Å². The second-order valence-electron chi connectivity index (χ2n) is 7.49. The van der Waals surface area contributed by atoms with E-state index in [-0.39, 0.29) is 36.3 Å². The van der Waals surface area contributed by atoms with Crippen molar-refractivity contribution in [3.05, 3.63) is 0 Å². The van der Waals surface area contributed by atoms with Gasteiger partial charge >= 0.3 is 6.03 Å². The minimum absolute atomic E-state index is 0.00376. The van der Waals surface area contributed by atoms with Gasteiger partial charge in [0.15, 0.2) is 0 Å². The topological polar surface area (TPSA) is 91.4 Å². The lowest BCUT2D eigenvalue weighted by Crippen LogP contribution is -2.61. The highest BCUT2D eigenvalue weighted by Gasteiger charge is 2.49. The van der Waals surface area contributed by atoms with Gasteiger partial charge in [0.05, 0.1) is 19.3 Å². The molecule has 2 aliphatic rings. The Hall–Kier alpha value is -1.87. The molecule has 9 heteroatoms. The number of piperazine rings is 1. The first kappa shape index (κ1) is 21.4. The van der Waals surface area contributed by atoms with Crippen LogP contribution in [0.1, 0.15) is 20.3 Å². The number of nitrogens with zero attached hydrogens (tertiary/aromatic N) is 3. The van der Waals surface area contributed by atoms with Crippen molar-refractivity contribution in [3.63, 3.8) is 0 Å². The van der Waals surface area contributed by atoms with E-state index in [1.807, 2.05) is 13.8 Å². The van der Waals surface area contributed by atoms with E-state index in [1.165, 1.54) is 4.90 Å². The van der Waals surface area contributed by atoms with Gasteiger partial charge in [0, 0.05) is 40.4 Å². The lowest BCUT2D eigenvalue weighted by Gasteiger charge is -2.42. The Balaban J connectivity index is 2.07. The molecule has 2 fully saturated rings. The fourth-order valence-electron chi connectivity index (χ4n) is 3.67. The number of amides is 4. The molecule has 0 aromatic heterocycles. The van der Waals surface area contributed by atoms with Crippen molar-refractivity contribution in [2.45, 2.75) is 32.4 Å². The molecule has 0 aliphatic carbocycles. The van der Waals surface area contributed by atoms with Gasteiger partial charge in [-0.05, 0) is 12.3 Å². The van der Waals surface area contributed by atoms with Crippen LogP contribution < -0.4 is 5.32 Å². The molecule has 0 aromatic carbocycles. The van der Waals surface area contributed by atoms with Crippen molar-refractivity contribution < 1.29 is 23.9 Å². The maximum absolute atomic E-state index is 12.9. The van der Waals surface area contributed by atoms with Crippen molar-refractivity contribution in [2.75, 3.05) is 60.2 Å². The number of hydrogen-bond donors (Lipinski definition) is 1. The molecular formula is C18H32N4O5. The first-order valence-corrected chi connectivity index (χ1v) is 9.49. The highest BCUT2D eigenvalue weighted by Crippen LogP contribution is 2.28. The average Bonchev–Trinajstić information content (AvgIpc) is 2.91. The summed E-state index contributed by atoms with van der Waals surface area (Å²) < 4.78 is 10.0. The monoisotopic (exact) mass is 384 g/mol.